The van der Waals surface area contributed by atoms with Crippen LogP contribution in [0.4, 0.5) is 0 Å². The molecular weight excluding hydrogens is 224 g/mol. The van der Waals surface area contributed by atoms with E-state index in [2.05, 4.69) is 37.9 Å². The molecule has 0 aliphatic carbocycles. The number of nitrogens with zero attached hydrogens (tertiary/aromatic N) is 1. The van der Waals surface area contributed by atoms with Crippen molar-refractivity contribution in [2.75, 3.05) is 13.1 Å². The Bertz CT molecular complexity index is 243. The third-order valence-corrected chi connectivity index (χ3v) is 3.84. The van der Waals surface area contributed by atoms with E-state index >= 15 is 0 Å². The SMILES string of the molecule is CCC(CC)N(CC(C)C)C(=O)[C@@H]1CCCCN1. The van der Waals surface area contributed by atoms with Crippen LogP contribution in [-0.2, 0) is 4.79 Å². The zero-order valence-corrected chi connectivity index (χ0v) is 12.5. The van der Waals surface area contributed by atoms with Crippen molar-refractivity contribution in [3.63, 3.8) is 0 Å². The van der Waals surface area contributed by atoms with Crippen LogP contribution in [0.1, 0.15) is 59.8 Å². The van der Waals surface area contributed by atoms with Crippen LogP contribution in [0.5, 0.6) is 0 Å². The number of rotatable bonds is 6. The van der Waals surface area contributed by atoms with Crippen LogP contribution in [0.3, 0.4) is 0 Å². The lowest BCUT2D eigenvalue weighted by molar-refractivity contribution is -0.137. The molecule has 1 rings (SSSR count). The maximum Gasteiger partial charge on any atom is 0.239 e. The zero-order valence-electron chi connectivity index (χ0n) is 12.5. The van der Waals surface area contributed by atoms with Crippen LogP contribution in [0.2, 0.25) is 0 Å². The second kappa shape index (κ2) is 7.78. The molecule has 0 radical (unpaired) electrons. The molecule has 18 heavy (non-hydrogen) atoms. The maximum absolute atomic E-state index is 12.7. The zero-order chi connectivity index (χ0) is 13.5. The van der Waals surface area contributed by atoms with Crippen LogP contribution in [0.15, 0.2) is 0 Å². The number of amides is 1. The highest BCUT2D eigenvalue weighted by Crippen LogP contribution is 2.16. The van der Waals surface area contributed by atoms with Crippen molar-refractivity contribution in [3.05, 3.63) is 0 Å². The van der Waals surface area contributed by atoms with E-state index in [0.29, 0.717) is 17.9 Å². The Morgan fingerprint density at radius 2 is 1.94 bits per heavy atom. The summed E-state index contributed by atoms with van der Waals surface area (Å²) in [6.45, 7) is 10.6. The van der Waals surface area contributed by atoms with Gasteiger partial charge in [-0.3, -0.25) is 4.79 Å². The molecule has 0 aromatic heterocycles. The van der Waals surface area contributed by atoms with Crippen LogP contribution >= 0.6 is 0 Å². The largest absolute Gasteiger partial charge is 0.338 e. The standard InChI is InChI=1S/C15H30N2O/c1-5-13(6-2)17(11-12(3)4)15(18)14-9-7-8-10-16-14/h12-14,16H,5-11H2,1-4H3/t14-/m0/s1. The minimum absolute atomic E-state index is 0.0677. The van der Waals surface area contributed by atoms with Crippen LogP contribution in [0.25, 0.3) is 0 Å². The fraction of sp³-hybridized carbons (Fsp3) is 0.933. The predicted molar refractivity (Wildman–Crippen MR) is 76.6 cm³/mol. The second-order valence-electron chi connectivity index (χ2n) is 5.86. The first kappa shape index (κ1) is 15.5. The lowest BCUT2D eigenvalue weighted by Gasteiger charge is -2.36. The van der Waals surface area contributed by atoms with E-state index < -0.39 is 0 Å². The lowest BCUT2D eigenvalue weighted by atomic mass is 10.0. The highest BCUT2D eigenvalue weighted by Gasteiger charge is 2.29. The van der Waals surface area contributed by atoms with Gasteiger partial charge in [0.15, 0.2) is 0 Å². The van der Waals surface area contributed by atoms with E-state index in [1.165, 1.54) is 12.8 Å². The van der Waals surface area contributed by atoms with Gasteiger partial charge < -0.3 is 10.2 Å². The van der Waals surface area contributed by atoms with E-state index in [1.807, 2.05) is 0 Å². The van der Waals surface area contributed by atoms with E-state index in [4.69, 9.17) is 0 Å². The van der Waals surface area contributed by atoms with Gasteiger partial charge in [0.25, 0.3) is 0 Å². The smallest absolute Gasteiger partial charge is 0.239 e. The van der Waals surface area contributed by atoms with Crippen molar-refractivity contribution in [1.82, 2.24) is 10.2 Å². The molecule has 0 saturated carbocycles. The van der Waals surface area contributed by atoms with Crippen molar-refractivity contribution in [2.45, 2.75) is 71.9 Å². The van der Waals surface area contributed by atoms with E-state index in [9.17, 15) is 4.79 Å². The Morgan fingerprint density at radius 1 is 1.28 bits per heavy atom. The Morgan fingerprint density at radius 3 is 2.39 bits per heavy atom. The molecule has 1 saturated heterocycles. The van der Waals surface area contributed by atoms with Crippen molar-refractivity contribution in [1.29, 1.82) is 0 Å². The molecule has 106 valence electrons. The van der Waals surface area contributed by atoms with Crippen molar-refractivity contribution in [2.24, 2.45) is 5.92 Å². The Hall–Kier alpha value is -0.570. The average Bonchev–Trinajstić information content (AvgIpc) is 2.38. The molecule has 1 fully saturated rings. The molecule has 1 atom stereocenters. The summed E-state index contributed by atoms with van der Waals surface area (Å²) in [4.78, 5) is 14.8. The molecule has 1 aliphatic heterocycles. The van der Waals surface area contributed by atoms with Gasteiger partial charge in [0.1, 0.15) is 0 Å². The third kappa shape index (κ3) is 4.27. The summed E-state index contributed by atoms with van der Waals surface area (Å²) in [7, 11) is 0. The average molecular weight is 254 g/mol. The number of carbonyl (C=O) groups is 1. The molecule has 0 unspecified atom stereocenters. The summed E-state index contributed by atoms with van der Waals surface area (Å²) in [6, 6.07) is 0.474. The Balaban J connectivity index is 2.70. The number of hydrogen-bond donors (Lipinski definition) is 1. The number of piperidine rings is 1. The predicted octanol–water partition coefficient (Wildman–Crippen LogP) is 2.80. The van der Waals surface area contributed by atoms with Gasteiger partial charge >= 0.3 is 0 Å². The number of carbonyl (C=O) groups excluding carboxylic acids is 1. The van der Waals surface area contributed by atoms with Gasteiger partial charge in [-0.25, -0.2) is 0 Å². The topological polar surface area (TPSA) is 32.3 Å². The molecule has 0 aromatic carbocycles. The summed E-state index contributed by atoms with van der Waals surface area (Å²) >= 11 is 0. The molecule has 1 N–H and O–H groups in total. The van der Waals surface area contributed by atoms with Crippen molar-refractivity contribution in [3.8, 4) is 0 Å². The fourth-order valence-corrected chi connectivity index (χ4v) is 2.80. The van der Waals surface area contributed by atoms with Gasteiger partial charge in [0.2, 0.25) is 5.91 Å². The van der Waals surface area contributed by atoms with E-state index in [0.717, 1.165) is 32.4 Å². The number of hydrogen-bond acceptors (Lipinski definition) is 2. The fourth-order valence-electron chi connectivity index (χ4n) is 2.80. The molecule has 1 heterocycles. The van der Waals surface area contributed by atoms with Crippen LogP contribution < -0.4 is 5.32 Å². The first-order valence-corrected chi connectivity index (χ1v) is 7.63. The normalized spacial score (nSPS) is 20.4. The van der Waals surface area contributed by atoms with Gasteiger partial charge in [-0.05, 0) is 38.1 Å². The molecule has 0 spiro atoms. The first-order valence-electron chi connectivity index (χ1n) is 7.63. The van der Waals surface area contributed by atoms with Gasteiger partial charge in [-0.2, -0.15) is 0 Å². The Labute approximate surface area is 112 Å². The summed E-state index contributed by atoms with van der Waals surface area (Å²) in [6.07, 6.45) is 5.51. The molecule has 1 aliphatic rings. The second-order valence-corrected chi connectivity index (χ2v) is 5.86. The highest BCUT2D eigenvalue weighted by molar-refractivity contribution is 5.82. The van der Waals surface area contributed by atoms with Crippen molar-refractivity contribution < 1.29 is 4.79 Å². The third-order valence-electron chi connectivity index (χ3n) is 3.84. The minimum Gasteiger partial charge on any atom is -0.338 e. The molecular formula is C15H30N2O. The summed E-state index contributed by atoms with van der Waals surface area (Å²) in [5.74, 6) is 0.871. The summed E-state index contributed by atoms with van der Waals surface area (Å²) in [5, 5.41) is 3.38. The van der Waals surface area contributed by atoms with Gasteiger partial charge in [-0.15, -0.1) is 0 Å². The Kier molecular flexibility index (Phi) is 6.69. The van der Waals surface area contributed by atoms with Crippen LogP contribution in [-0.4, -0.2) is 36.0 Å². The van der Waals surface area contributed by atoms with E-state index in [1.54, 1.807) is 0 Å². The van der Waals surface area contributed by atoms with Gasteiger partial charge in [0, 0.05) is 12.6 Å². The molecule has 3 heteroatoms. The first-order chi connectivity index (χ1) is 8.60. The molecule has 0 aromatic rings. The quantitative estimate of drug-likeness (QED) is 0.790. The highest BCUT2D eigenvalue weighted by atomic mass is 16.2. The molecule has 3 nitrogen and oxygen atoms in total. The maximum atomic E-state index is 12.7. The monoisotopic (exact) mass is 254 g/mol. The molecule has 0 bridgehead atoms. The van der Waals surface area contributed by atoms with E-state index in [-0.39, 0.29) is 6.04 Å². The van der Waals surface area contributed by atoms with Gasteiger partial charge in [0.05, 0.1) is 6.04 Å². The lowest BCUT2D eigenvalue weighted by Crippen LogP contribution is -2.52. The van der Waals surface area contributed by atoms with Gasteiger partial charge in [-0.1, -0.05) is 34.1 Å². The van der Waals surface area contributed by atoms with Crippen LogP contribution in [0, 0.1) is 5.92 Å². The number of nitrogens with one attached hydrogen (secondary N) is 1. The summed E-state index contributed by atoms with van der Waals surface area (Å²) < 4.78 is 0. The van der Waals surface area contributed by atoms with Crippen molar-refractivity contribution >= 4 is 5.91 Å². The molecule has 1 amide bonds. The minimum atomic E-state index is 0.0677. The summed E-state index contributed by atoms with van der Waals surface area (Å²) in [5.41, 5.74) is 0.